The fourth-order valence-corrected chi connectivity index (χ4v) is 4.40. The smallest absolute Gasteiger partial charge is 0.368 e. The van der Waals surface area contributed by atoms with Gasteiger partial charge in [-0.1, -0.05) is 0 Å². The number of amides is 1. The zero-order valence-corrected chi connectivity index (χ0v) is 18.3. The van der Waals surface area contributed by atoms with Crippen LogP contribution in [-0.4, -0.2) is 48.9 Å². The fraction of sp³-hybridized carbons (Fsp3) is 0.421. The third-order valence-corrected chi connectivity index (χ3v) is 6.09. The molecule has 2 atom stereocenters. The van der Waals surface area contributed by atoms with Gasteiger partial charge in [0.2, 0.25) is 0 Å². The van der Waals surface area contributed by atoms with Crippen LogP contribution in [0.5, 0.6) is 0 Å². The summed E-state index contributed by atoms with van der Waals surface area (Å²) < 4.78 is 61.7. The van der Waals surface area contributed by atoms with Gasteiger partial charge in [-0.3, -0.25) is 14.2 Å². The second-order valence-corrected chi connectivity index (χ2v) is 8.30. The number of alkyl halides is 4. The van der Waals surface area contributed by atoms with Crippen molar-refractivity contribution in [3.8, 4) is 10.6 Å². The van der Waals surface area contributed by atoms with E-state index in [2.05, 4.69) is 20.5 Å². The zero-order chi connectivity index (χ0) is 23.9. The highest BCUT2D eigenvalue weighted by Gasteiger charge is 2.38. The van der Waals surface area contributed by atoms with E-state index in [0.29, 0.717) is 22.5 Å². The molecular formula is C19H19F4N7O2S. The first-order chi connectivity index (χ1) is 15.6. The van der Waals surface area contributed by atoms with Gasteiger partial charge in [0.1, 0.15) is 16.8 Å². The molecular weight excluding hydrogens is 466 g/mol. The molecule has 0 unspecified atom stereocenters. The SMILES string of the molecule is Cn1ncc(NC(=O)c2csc(-c3cnn(C)c3C(F)(F)F)n2)c1[C@@H]1CCC(=N)[C@@H](F)CO1. The summed E-state index contributed by atoms with van der Waals surface area (Å²) in [5.41, 5.74) is -0.495. The minimum Gasteiger partial charge on any atom is -0.368 e. The number of aryl methyl sites for hydroxylation is 2. The maximum atomic E-state index is 13.8. The number of carbonyl (C=O) groups is 1. The molecule has 0 spiro atoms. The Morgan fingerprint density at radius 3 is 2.73 bits per heavy atom. The van der Waals surface area contributed by atoms with Gasteiger partial charge in [-0.15, -0.1) is 11.3 Å². The number of carbonyl (C=O) groups excluding carboxylic acids is 1. The predicted molar refractivity (Wildman–Crippen MR) is 111 cm³/mol. The van der Waals surface area contributed by atoms with Crippen molar-refractivity contribution in [1.29, 1.82) is 5.41 Å². The van der Waals surface area contributed by atoms with Crippen LogP contribution in [-0.2, 0) is 25.0 Å². The van der Waals surface area contributed by atoms with E-state index in [1.807, 2.05) is 0 Å². The molecule has 1 aliphatic rings. The van der Waals surface area contributed by atoms with Crippen LogP contribution in [0.2, 0.25) is 0 Å². The molecule has 4 heterocycles. The first-order valence-electron chi connectivity index (χ1n) is 9.77. The van der Waals surface area contributed by atoms with Gasteiger partial charge in [-0.2, -0.15) is 23.4 Å². The Morgan fingerprint density at radius 2 is 2.00 bits per heavy atom. The van der Waals surface area contributed by atoms with E-state index in [0.717, 1.165) is 17.5 Å². The predicted octanol–water partition coefficient (Wildman–Crippen LogP) is 3.76. The van der Waals surface area contributed by atoms with Crippen LogP contribution in [0.3, 0.4) is 0 Å². The van der Waals surface area contributed by atoms with Crippen molar-refractivity contribution in [2.75, 3.05) is 11.9 Å². The molecule has 0 aromatic carbocycles. The Hall–Kier alpha value is -3.13. The Morgan fingerprint density at radius 1 is 1.27 bits per heavy atom. The molecule has 0 radical (unpaired) electrons. The standard InChI is InChI=1S/C19H19F4N7O2S/c1-29-15(14-4-3-11(24)10(20)7-32-14)12(6-26-29)27-17(31)13-8-33-18(28-13)9-5-25-30(2)16(9)19(21,22)23/h5-6,8,10,14,24H,3-4,7H2,1-2H3,(H,27,31)/t10-,14-/m0/s1. The monoisotopic (exact) mass is 485 g/mol. The van der Waals surface area contributed by atoms with E-state index in [9.17, 15) is 22.4 Å². The normalized spacial score (nSPS) is 19.5. The number of nitrogens with one attached hydrogen (secondary N) is 2. The highest BCUT2D eigenvalue weighted by Crippen LogP contribution is 2.38. The number of aromatic nitrogens is 5. The molecule has 9 nitrogen and oxygen atoms in total. The molecule has 176 valence electrons. The third kappa shape index (κ3) is 4.53. The number of anilines is 1. The maximum Gasteiger partial charge on any atom is 0.433 e. The summed E-state index contributed by atoms with van der Waals surface area (Å²) in [6.45, 7) is -0.274. The van der Waals surface area contributed by atoms with E-state index in [-0.39, 0.29) is 35.0 Å². The Bertz CT molecular complexity index is 1200. The first-order valence-corrected chi connectivity index (χ1v) is 10.7. The van der Waals surface area contributed by atoms with Gasteiger partial charge in [0.25, 0.3) is 5.91 Å². The molecule has 14 heteroatoms. The van der Waals surface area contributed by atoms with Crippen molar-refractivity contribution < 1.29 is 27.1 Å². The molecule has 3 aromatic heterocycles. The molecule has 3 aromatic rings. The molecule has 33 heavy (non-hydrogen) atoms. The number of rotatable bonds is 4. The van der Waals surface area contributed by atoms with Gasteiger partial charge < -0.3 is 15.5 Å². The number of hydrogen-bond donors (Lipinski definition) is 2. The average Bonchev–Trinajstić information content (AvgIpc) is 3.44. The summed E-state index contributed by atoms with van der Waals surface area (Å²) in [7, 11) is 2.82. The molecule has 1 saturated heterocycles. The molecule has 2 N–H and O–H groups in total. The van der Waals surface area contributed by atoms with Crippen LogP contribution in [0.4, 0.5) is 23.2 Å². The summed E-state index contributed by atoms with van der Waals surface area (Å²) in [5.74, 6) is -0.645. The van der Waals surface area contributed by atoms with Crippen molar-refractivity contribution in [2.24, 2.45) is 14.1 Å². The molecule has 1 amide bonds. The molecule has 0 bridgehead atoms. The fourth-order valence-electron chi connectivity index (χ4n) is 3.59. The minimum absolute atomic E-state index is 0.00610. The summed E-state index contributed by atoms with van der Waals surface area (Å²) in [4.78, 5) is 16.8. The van der Waals surface area contributed by atoms with E-state index < -0.39 is 30.1 Å². The Balaban J connectivity index is 1.56. The highest BCUT2D eigenvalue weighted by molar-refractivity contribution is 7.13. The summed E-state index contributed by atoms with van der Waals surface area (Å²) in [6, 6.07) is 0. The van der Waals surface area contributed by atoms with Gasteiger partial charge >= 0.3 is 6.18 Å². The van der Waals surface area contributed by atoms with Gasteiger partial charge in [-0.25, -0.2) is 9.37 Å². The number of ether oxygens (including phenoxy) is 1. The van der Waals surface area contributed by atoms with Crippen molar-refractivity contribution in [3.63, 3.8) is 0 Å². The zero-order valence-electron chi connectivity index (χ0n) is 17.5. The largest absolute Gasteiger partial charge is 0.433 e. The highest BCUT2D eigenvalue weighted by atomic mass is 32.1. The van der Waals surface area contributed by atoms with Crippen LogP contribution < -0.4 is 5.32 Å². The van der Waals surface area contributed by atoms with Gasteiger partial charge in [0, 0.05) is 25.2 Å². The minimum atomic E-state index is -4.63. The second kappa shape index (κ2) is 8.67. The van der Waals surface area contributed by atoms with Crippen LogP contribution in [0.25, 0.3) is 10.6 Å². The Kier molecular flexibility index (Phi) is 6.05. The van der Waals surface area contributed by atoms with Crippen molar-refractivity contribution in [2.45, 2.75) is 31.3 Å². The van der Waals surface area contributed by atoms with Crippen LogP contribution in [0.1, 0.15) is 40.8 Å². The van der Waals surface area contributed by atoms with E-state index >= 15 is 0 Å². The second-order valence-electron chi connectivity index (χ2n) is 7.44. The summed E-state index contributed by atoms with van der Waals surface area (Å²) in [6.07, 6.45) is -3.71. The quantitative estimate of drug-likeness (QED) is 0.547. The van der Waals surface area contributed by atoms with Crippen LogP contribution >= 0.6 is 11.3 Å². The number of halogens is 4. The van der Waals surface area contributed by atoms with Crippen LogP contribution in [0.15, 0.2) is 17.8 Å². The summed E-state index contributed by atoms with van der Waals surface area (Å²) >= 11 is 0.890. The lowest BCUT2D eigenvalue weighted by Crippen LogP contribution is -2.18. The van der Waals surface area contributed by atoms with Crippen molar-refractivity contribution in [1.82, 2.24) is 24.5 Å². The molecule has 1 aliphatic heterocycles. The number of hydrogen-bond acceptors (Lipinski definition) is 7. The van der Waals surface area contributed by atoms with Crippen molar-refractivity contribution >= 4 is 28.6 Å². The number of nitrogens with zero attached hydrogens (tertiary/aromatic N) is 5. The van der Waals surface area contributed by atoms with E-state index in [4.69, 9.17) is 10.1 Å². The van der Waals surface area contributed by atoms with Gasteiger partial charge in [0.05, 0.1) is 35.9 Å². The number of thiazole rings is 1. The average molecular weight is 485 g/mol. The lowest BCUT2D eigenvalue weighted by molar-refractivity contribution is -0.143. The van der Waals surface area contributed by atoms with Crippen molar-refractivity contribution in [3.05, 3.63) is 34.9 Å². The summed E-state index contributed by atoms with van der Waals surface area (Å²) in [5, 5.41) is 19.5. The lowest BCUT2D eigenvalue weighted by Gasteiger charge is -2.17. The van der Waals surface area contributed by atoms with Gasteiger partial charge in [-0.05, 0) is 12.8 Å². The van der Waals surface area contributed by atoms with Gasteiger partial charge in [0.15, 0.2) is 11.9 Å². The first kappa shape index (κ1) is 23.0. The Labute approximate surface area is 188 Å². The molecule has 4 rings (SSSR count). The molecule has 0 aliphatic carbocycles. The maximum absolute atomic E-state index is 13.8. The van der Waals surface area contributed by atoms with E-state index in [1.165, 1.54) is 23.3 Å². The molecule has 0 saturated carbocycles. The van der Waals surface area contributed by atoms with E-state index in [1.54, 1.807) is 7.05 Å². The van der Waals surface area contributed by atoms with Crippen LogP contribution in [0, 0.1) is 5.41 Å². The molecule has 1 fully saturated rings. The third-order valence-electron chi connectivity index (χ3n) is 5.21. The lowest BCUT2D eigenvalue weighted by atomic mass is 10.1. The topological polar surface area (TPSA) is 111 Å².